The molecule has 0 spiro atoms. The molecule has 1 unspecified atom stereocenters. The van der Waals surface area contributed by atoms with E-state index < -0.39 is 0 Å². The third-order valence-electron chi connectivity index (χ3n) is 4.69. The molecule has 0 radical (unpaired) electrons. The number of H-pyrrole nitrogens is 1. The van der Waals surface area contributed by atoms with Crippen molar-refractivity contribution in [3.8, 4) is 0 Å². The molecule has 0 bridgehead atoms. The quantitative estimate of drug-likeness (QED) is 0.740. The van der Waals surface area contributed by atoms with Crippen LogP contribution in [0.4, 0.5) is 0 Å². The van der Waals surface area contributed by atoms with Gasteiger partial charge in [0.15, 0.2) is 0 Å². The Hall–Kier alpha value is -2.06. The van der Waals surface area contributed by atoms with Gasteiger partial charge in [0, 0.05) is 35.7 Å². The summed E-state index contributed by atoms with van der Waals surface area (Å²) in [6.07, 6.45) is 1.14. The van der Waals surface area contributed by atoms with E-state index in [1.54, 1.807) is 0 Å². The van der Waals surface area contributed by atoms with Crippen molar-refractivity contribution >= 4 is 10.9 Å². The van der Waals surface area contributed by atoms with Gasteiger partial charge in [-0.25, -0.2) is 0 Å². The molecule has 2 aromatic carbocycles. The van der Waals surface area contributed by atoms with Crippen LogP contribution in [0, 0.1) is 0 Å². The van der Waals surface area contributed by atoms with Crippen molar-refractivity contribution in [2.45, 2.75) is 25.9 Å². The second-order valence-corrected chi connectivity index (χ2v) is 5.94. The zero-order valence-corrected chi connectivity index (χ0v) is 12.3. The van der Waals surface area contributed by atoms with Crippen molar-refractivity contribution in [3.05, 3.63) is 71.4 Å². The number of nitrogens with zero attached hydrogens (tertiary/aromatic N) is 1. The molecule has 1 N–H and O–H groups in total. The number of aromatic amines is 1. The van der Waals surface area contributed by atoms with E-state index in [0.717, 1.165) is 19.5 Å². The summed E-state index contributed by atoms with van der Waals surface area (Å²) in [5.41, 5.74) is 5.58. The molecule has 21 heavy (non-hydrogen) atoms. The van der Waals surface area contributed by atoms with Crippen LogP contribution in [0.1, 0.15) is 29.8 Å². The Morgan fingerprint density at radius 3 is 2.67 bits per heavy atom. The lowest BCUT2D eigenvalue weighted by Crippen LogP contribution is -2.33. The van der Waals surface area contributed by atoms with Crippen LogP contribution in [0.3, 0.4) is 0 Å². The number of fused-ring (bicyclic) bond motifs is 3. The number of para-hydroxylation sites is 1. The van der Waals surface area contributed by atoms with E-state index in [1.165, 1.54) is 27.7 Å². The smallest absolute Gasteiger partial charge is 0.0477 e. The van der Waals surface area contributed by atoms with Crippen molar-refractivity contribution in [2.24, 2.45) is 0 Å². The van der Waals surface area contributed by atoms with Crippen LogP contribution in [-0.4, -0.2) is 16.4 Å². The van der Waals surface area contributed by atoms with Gasteiger partial charge in [-0.2, -0.15) is 0 Å². The Morgan fingerprint density at radius 2 is 1.81 bits per heavy atom. The number of hydrogen-bond acceptors (Lipinski definition) is 1. The SMILES string of the molecule is CC1c2[nH]c3ccccc3c2CCN1Cc1ccccc1. The fourth-order valence-electron chi connectivity index (χ4n) is 3.51. The molecule has 1 aromatic heterocycles. The zero-order valence-electron chi connectivity index (χ0n) is 12.3. The monoisotopic (exact) mass is 276 g/mol. The molecule has 2 heterocycles. The third-order valence-corrected chi connectivity index (χ3v) is 4.69. The van der Waals surface area contributed by atoms with E-state index in [9.17, 15) is 0 Å². The molecule has 0 amide bonds. The van der Waals surface area contributed by atoms with E-state index in [-0.39, 0.29) is 0 Å². The lowest BCUT2D eigenvalue weighted by atomic mass is 9.98. The minimum absolute atomic E-state index is 0.446. The summed E-state index contributed by atoms with van der Waals surface area (Å²) in [5.74, 6) is 0. The van der Waals surface area contributed by atoms with Gasteiger partial charge in [-0.05, 0) is 30.5 Å². The second kappa shape index (κ2) is 5.05. The Morgan fingerprint density at radius 1 is 1.05 bits per heavy atom. The van der Waals surface area contributed by atoms with E-state index in [1.807, 2.05) is 0 Å². The maximum Gasteiger partial charge on any atom is 0.0477 e. The molecule has 1 aliphatic rings. The maximum absolute atomic E-state index is 3.64. The molecule has 3 aromatic rings. The van der Waals surface area contributed by atoms with Crippen molar-refractivity contribution in [3.63, 3.8) is 0 Å². The molecule has 0 aliphatic carbocycles. The van der Waals surface area contributed by atoms with Gasteiger partial charge in [-0.3, -0.25) is 4.90 Å². The van der Waals surface area contributed by atoms with Crippen molar-refractivity contribution in [2.75, 3.05) is 6.54 Å². The number of benzene rings is 2. The topological polar surface area (TPSA) is 19.0 Å². The second-order valence-electron chi connectivity index (χ2n) is 5.94. The number of rotatable bonds is 2. The van der Waals surface area contributed by atoms with E-state index in [4.69, 9.17) is 0 Å². The van der Waals surface area contributed by atoms with Crippen LogP contribution in [0.15, 0.2) is 54.6 Å². The number of nitrogens with one attached hydrogen (secondary N) is 1. The average Bonchev–Trinajstić information content (AvgIpc) is 2.91. The van der Waals surface area contributed by atoms with Gasteiger partial charge in [-0.1, -0.05) is 48.5 Å². The zero-order chi connectivity index (χ0) is 14.2. The molecule has 106 valence electrons. The van der Waals surface area contributed by atoms with Gasteiger partial charge in [0.25, 0.3) is 0 Å². The summed E-state index contributed by atoms with van der Waals surface area (Å²) in [7, 11) is 0. The summed E-state index contributed by atoms with van der Waals surface area (Å²) >= 11 is 0. The fourth-order valence-corrected chi connectivity index (χ4v) is 3.51. The van der Waals surface area contributed by atoms with Gasteiger partial charge < -0.3 is 4.98 Å². The molecule has 0 saturated carbocycles. The molecule has 4 rings (SSSR count). The van der Waals surface area contributed by atoms with Crippen molar-refractivity contribution < 1.29 is 0 Å². The Kier molecular flexibility index (Phi) is 3.04. The highest BCUT2D eigenvalue weighted by Gasteiger charge is 2.26. The van der Waals surface area contributed by atoms with E-state index >= 15 is 0 Å². The van der Waals surface area contributed by atoms with E-state index in [0.29, 0.717) is 6.04 Å². The minimum atomic E-state index is 0.446. The van der Waals surface area contributed by atoms with Gasteiger partial charge in [-0.15, -0.1) is 0 Å². The predicted octanol–water partition coefficient (Wildman–Crippen LogP) is 4.29. The van der Waals surface area contributed by atoms with Crippen LogP contribution in [0.5, 0.6) is 0 Å². The first-order chi connectivity index (χ1) is 10.3. The van der Waals surface area contributed by atoms with Crippen LogP contribution < -0.4 is 0 Å². The maximum atomic E-state index is 3.64. The first kappa shape index (κ1) is 12.7. The van der Waals surface area contributed by atoms with Crippen LogP contribution in [0.25, 0.3) is 10.9 Å². The molecular weight excluding hydrogens is 256 g/mol. The Bertz CT molecular complexity index is 758. The number of hydrogen-bond donors (Lipinski definition) is 1. The number of aromatic nitrogens is 1. The summed E-state index contributed by atoms with van der Waals surface area (Å²) in [6.45, 7) is 4.47. The highest BCUT2D eigenvalue weighted by molar-refractivity contribution is 5.85. The third kappa shape index (κ3) is 2.16. The average molecular weight is 276 g/mol. The lowest BCUT2D eigenvalue weighted by Gasteiger charge is -2.33. The lowest BCUT2D eigenvalue weighted by molar-refractivity contribution is 0.187. The first-order valence-corrected chi connectivity index (χ1v) is 7.70. The van der Waals surface area contributed by atoms with Gasteiger partial charge in [0.2, 0.25) is 0 Å². The Balaban J connectivity index is 1.67. The van der Waals surface area contributed by atoms with Crippen LogP contribution in [-0.2, 0) is 13.0 Å². The predicted molar refractivity (Wildman–Crippen MR) is 87.3 cm³/mol. The standard InChI is InChI=1S/C19H20N2/c1-14-19-17(16-9-5-6-10-18(16)20-19)11-12-21(14)13-15-7-3-2-4-8-15/h2-10,14,20H,11-13H2,1H3. The highest BCUT2D eigenvalue weighted by atomic mass is 15.2. The summed E-state index contributed by atoms with van der Waals surface area (Å²) in [5, 5.41) is 1.40. The van der Waals surface area contributed by atoms with Crippen LogP contribution in [0.2, 0.25) is 0 Å². The highest BCUT2D eigenvalue weighted by Crippen LogP contribution is 2.34. The van der Waals surface area contributed by atoms with E-state index in [2.05, 4.69) is 71.4 Å². The molecule has 0 saturated heterocycles. The van der Waals surface area contributed by atoms with Gasteiger partial charge in [0.1, 0.15) is 0 Å². The summed E-state index contributed by atoms with van der Waals surface area (Å²) in [4.78, 5) is 6.20. The molecule has 1 atom stereocenters. The summed E-state index contributed by atoms with van der Waals surface area (Å²) in [6, 6.07) is 19.9. The minimum Gasteiger partial charge on any atom is -0.357 e. The van der Waals surface area contributed by atoms with Crippen LogP contribution >= 0.6 is 0 Å². The fraction of sp³-hybridized carbons (Fsp3) is 0.263. The largest absolute Gasteiger partial charge is 0.357 e. The molecule has 0 fully saturated rings. The van der Waals surface area contributed by atoms with Crippen molar-refractivity contribution in [1.29, 1.82) is 0 Å². The molecule has 1 aliphatic heterocycles. The van der Waals surface area contributed by atoms with Gasteiger partial charge >= 0.3 is 0 Å². The summed E-state index contributed by atoms with van der Waals surface area (Å²) < 4.78 is 0. The normalized spacial score (nSPS) is 18.8. The van der Waals surface area contributed by atoms with Gasteiger partial charge in [0.05, 0.1) is 0 Å². The molecular formula is C19H20N2. The Labute approximate surface area is 125 Å². The molecule has 2 heteroatoms. The molecule has 2 nitrogen and oxygen atoms in total. The first-order valence-electron chi connectivity index (χ1n) is 7.70. The van der Waals surface area contributed by atoms with Crippen molar-refractivity contribution in [1.82, 2.24) is 9.88 Å².